The number of ether oxygens (including phenoxy) is 1. The highest BCUT2D eigenvalue weighted by Crippen LogP contribution is 2.41. The normalized spacial score (nSPS) is 16.1. The number of fused-ring (bicyclic) bond motifs is 1. The van der Waals surface area contributed by atoms with Crippen LogP contribution in [0.15, 0.2) is 83.0 Å². The van der Waals surface area contributed by atoms with E-state index >= 15 is 0 Å². The maximum absolute atomic E-state index is 13.8. The van der Waals surface area contributed by atoms with E-state index in [-0.39, 0.29) is 16.7 Å². The molecule has 5 rings (SSSR count). The number of carbonyl (C=O) groups excluding carboxylic acids is 2. The molecule has 0 saturated heterocycles. The van der Waals surface area contributed by atoms with Crippen molar-refractivity contribution in [3.63, 3.8) is 0 Å². The number of hydrogen-bond donors (Lipinski definition) is 1. The Kier molecular flexibility index (Phi) is 6.57. The number of aliphatic hydroxyl groups is 1. The summed E-state index contributed by atoms with van der Waals surface area (Å²) in [5, 5.41) is 11.7. The number of imidazole rings is 1. The van der Waals surface area contributed by atoms with Crippen molar-refractivity contribution in [2.24, 2.45) is 0 Å². The van der Waals surface area contributed by atoms with Gasteiger partial charge in [0.05, 0.1) is 25.1 Å². The Hall–Kier alpha value is -4.33. The Bertz CT molecular complexity index is 1510. The standard InChI is InChI=1S/C30H31N3O5/c1-30(2,3)21-11-9-19(10-12-21)25-24(26(34)23-17-20-7-5-8-22(37-4)28(20)38-23)27(35)29(36)33(25)15-6-14-32-16-13-31-18-32/h5,7-13,16-18,25,35H,6,14-15H2,1-4H3. The molecule has 1 atom stereocenters. The lowest BCUT2D eigenvalue weighted by Crippen LogP contribution is -2.32. The van der Waals surface area contributed by atoms with Gasteiger partial charge in [-0.15, -0.1) is 0 Å². The summed E-state index contributed by atoms with van der Waals surface area (Å²) in [6.07, 6.45) is 5.90. The molecule has 1 N–H and O–H groups in total. The van der Waals surface area contributed by atoms with Crippen LogP contribution in [0.5, 0.6) is 5.75 Å². The number of para-hydroxylation sites is 1. The van der Waals surface area contributed by atoms with E-state index in [0.29, 0.717) is 36.2 Å². The number of rotatable bonds is 8. The molecular weight excluding hydrogens is 482 g/mol. The Balaban J connectivity index is 1.53. The van der Waals surface area contributed by atoms with Gasteiger partial charge < -0.3 is 23.7 Å². The molecular formula is C30H31N3O5. The van der Waals surface area contributed by atoms with Crippen molar-refractivity contribution >= 4 is 22.7 Å². The Morgan fingerprint density at radius 3 is 2.55 bits per heavy atom. The third-order valence-corrected chi connectivity index (χ3v) is 6.97. The Morgan fingerprint density at radius 1 is 1.13 bits per heavy atom. The summed E-state index contributed by atoms with van der Waals surface area (Å²) in [4.78, 5) is 32.8. The predicted octanol–water partition coefficient (Wildman–Crippen LogP) is 5.60. The van der Waals surface area contributed by atoms with Gasteiger partial charge in [-0.05, 0) is 35.1 Å². The highest BCUT2D eigenvalue weighted by molar-refractivity contribution is 6.16. The molecule has 0 aliphatic carbocycles. The molecule has 0 spiro atoms. The minimum Gasteiger partial charge on any atom is -0.503 e. The second-order valence-corrected chi connectivity index (χ2v) is 10.5. The number of hydrogen-bond acceptors (Lipinski definition) is 6. The van der Waals surface area contributed by atoms with Gasteiger partial charge >= 0.3 is 0 Å². The Labute approximate surface area is 221 Å². The lowest BCUT2D eigenvalue weighted by molar-refractivity contribution is -0.129. The van der Waals surface area contributed by atoms with Crippen molar-refractivity contribution in [3.8, 4) is 5.75 Å². The number of amides is 1. The first-order valence-electron chi connectivity index (χ1n) is 12.6. The first kappa shape index (κ1) is 25.3. The quantitative estimate of drug-likeness (QED) is 0.308. The first-order valence-corrected chi connectivity index (χ1v) is 12.6. The van der Waals surface area contributed by atoms with Gasteiger partial charge in [-0.3, -0.25) is 9.59 Å². The largest absolute Gasteiger partial charge is 0.503 e. The number of methoxy groups -OCH3 is 1. The van der Waals surface area contributed by atoms with Gasteiger partial charge in [0.15, 0.2) is 22.9 Å². The molecule has 38 heavy (non-hydrogen) atoms. The number of aryl methyl sites for hydroxylation is 1. The SMILES string of the molecule is COc1cccc2cc(C(=O)C3=C(O)C(=O)N(CCCn4ccnc4)C3c3ccc(C(C)(C)C)cc3)oc12. The van der Waals surface area contributed by atoms with Crippen molar-refractivity contribution in [1.82, 2.24) is 14.5 Å². The molecule has 196 valence electrons. The highest BCUT2D eigenvalue weighted by Gasteiger charge is 2.44. The molecule has 1 aliphatic rings. The maximum atomic E-state index is 13.8. The number of Topliss-reactive ketones (excluding diaryl/α,β-unsaturated/α-hetero) is 1. The fraction of sp³-hybridized carbons (Fsp3) is 0.300. The third-order valence-electron chi connectivity index (χ3n) is 6.97. The van der Waals surface area contributed by atoms with Gasteiger partial charge in [0.25, 0.3) is 5.91 Å². The molecule has 0 fully saturated rings. The van der Waals surface area contributed by atoms with Gasteiger partial charge in [0.2, 0.25) is 5.78 Å². The molecule has 2 aromatic carbocycles. The second kappa shape index (κ2) is 9.85. The summed E-state index contributed by atoms with van der Waals surface area (Å²) in [6.45, 7) is 7.37. The van der Waals surface area contributed by atoms with Crippen LogP contribution in [0.2, 0.25) is 0 Å². The lowest BCUT2D eigenvalue weighted by Gasteiger charge is -2.27. The minimum atomic E-state index is -0.748. The minimum absolute atomic E-state index is 0.0131. The van der Waals surface area contributed by atoms with E-state index in [1.54, 1.807) is 29.6 Å². The highest BCUT2D eigenvalue weighted by atomic mass is 16.5. The van der Waals surface area contributed by atoms with Gasteiger partial charge in [0, 0.05) is 30.9 Å². The maximum Gasteiger partial charge on any atom is 0.290 e. The summed E-state index contributed by atoms with van der Waals surface area (Å²) in [7, 11) is 1.53. The zero-order valence-electron chi connectivity index (χ0n) is 22.0. The average Bonchev–Trinajstić information content (AvgIpc) is 3.63. The molecule has 1 aliphatic heterocycles. The zero-order valence-corrected chi connectivity index (χ0v) is 22.0. The molecule has 2 aromatic heterocycles. The van der Waals surface area contributed by atoms with E-state index in [4.69, 9.17) is 9.15 Å². The van der Waals surface area contributed by atoms with Crippen molar-refractivity contribution in [1.29, 1.82) is 0 Å². The van der Waals surface area contributed by atoms with E-state index in [2.05, 4.69) is 25.8 Å². The smallest absolute Gasteiger partial charge is 0.290 e. The molecule has 3 heterocycles. The van der Waals surface area contributed by atoms with E-state index in [9.17, 15) is 14.7 Å². The number of nitrogens with zero attached hydrogens (tertiary/aromatic N) is 3. The number of aliphatic hydroxyl groups excluding tert-OH is 1. The summed E-state index contributed by atoms with van der Waals surface area (Å²) in [5.41, 5.74) is 2.27. The number of furan rings is 1. The van der Waals surface area contributed by atoms with Crippen molar-refractivity contribution in [2.45, 2.75) is 45.2 Å². The number of carbonyl (C=O) groups is 2. The van der Waals surface area contributed by atoms with E-state index in [0.717, 1.165) is 11.1 Å². The van der Waals surface area contributed by atoms with E-state index < -0.39 is 23.5 Å². The molecule has 0 bridgehead atoms. The second-order valence-electron chi connectivity index (χ2n) is 10.5. The number of aromatic nitrogens is 2. The van der Waals surface area contributed by atoms with Crippen LogP contribution in [0.3, 0.4) is 0 Å². The summed E-state index contributed by atoms with van der Waals surface area (Å²) >= 11 is 0. The molecule has 0 saturated carbocycles. The molecule has 8 heteroatoms. The van der Waals surface area contributed by atoms with E-state index in [1.165, 1.54) is 7.11 Å². The molecule has 8 nitrogen and oxygen atoms in total. The fourth-order valence-electron chi connectivity index (χ4n) is 4.91. The molecule has 0 radical (unpaired) electrons. The van der Waals surface area contributed by atoms with Gasteiger partial charge in [-0.2, -0.15) is 0 Å². The lowest BCUT2D eigenvalue weighted by atomic mass is 9.85. The van der Waals surface area contributed by atoms with Crippen LogP contribution in [0.4, 0.5) is 0 Å². The first-order chi connectivity index (χ1) is 18.2. The topological polar surface area (TPSA) is 97.8 Å². The average molecular weight is 514 g/mol. The number of benzene rings is 2. The molecule has 1 unspecified atom stereocenters. The molecule has 1 amide bonds. The van der Waals surface area contributed by atoms with E-state index in [1.807, 2.05) is 47.2 Å². The van der Waals surface area contributed by atoms with Crippen LogP contribution in [-0.4, -0.2) is 44.9 Å². The van der Waals surface area contributed by atoms with Crippen LogP contribution in [0.25, 0.3) is 11.0 Å². The predicted molar refractivity (Wildman–Crippen MR) is 143 cm³/mol. The third kappa shape index (κ3) is 4.58. The van der Waals surface area contributed by atoms with Crippen LogP contribution in [0, 0.1) is 0 Å². The van der Waals surface area contributed by atoms with Crippen molar-refractivity contribution in [3.05, 3.63) is 95.5 Å². The van der Waals surface area contributed by atoms with Crippen LogP contribution >= 0.6 is 0 Å². The number of ketones is 1. The Morgan fingerprint density at radius 2 is 1.89 bits per heavy atom. The van der Waals surface area contributed by atoms with Crippen molar-refractivity contribution < 1.29 is 23.8 Å². The van der Waals surface area contributed by atoms with Gasteiger partial charge in [-0.1, -0.05) is 57.2 Å². The van der Waals surface area contributed by atoms with Gasteiger partial charge in [-0.25, -0.2) is 4.98 Å². The summed E-state index contributed by atoms with van der Waals surface area (Å²) < 4.78 is 13.2. The summed E-state index contributed by atoms with van der Waals surface area (Å²) in [6, 6.07) is 14.1. The van der Waals surface area contributed by atoms with Crippen LogP contribution < -0.4 is 4.74 Å². The zero-order chi connectivity index (χ0) is 27.0. The van der Waals surface area contributed by atoms with Gasteiger partial charge in [0.1, 0.15) is 0 Å². The molecule has 4 aromatic rings. The van der Waals surface area contributed by atoms with Crippen LogP contribution in [0.1, 0.15) is 54.9 Å². The fourth-order valence-corrected chi connectivity index (χ4v) is 4.91. The van der Waals surface area contributed by atoms with Crippen molar-refractivity contribution in [2.75, 3.05) is 13.7 Å². The monoisotopic (exact) mass is 513 g/mol. The van der Waals surface area contributed by atoms with Crippen LogP contribution in [-0.2, 0) is 16.8 Å². The summed E-state index contributed by atoms with van der Waals surface area (Å²) in [5.74, 6) is -1.11.